The number of nitrogens with zero attached hydrogens (tertiary/aromatic N) is 1. The molecule has 2 heterocycles. The molecule has 0 bridgehead atoms. The fraction of sp³-hybridized carbons (Fsp3) is 0.526. The van der Waals surface area contributed by atoms with Gasteiger partial charge in [-0.3, -0.25) is 4.79 Å². The van der Waals surface area contributed by atoms with Gasteiger partial charge < -0.3 is 14.6 Å². The topological polar surface area (TPSA) is 43.3 Å². The number of aromatic nitrogens is 1. The van der Waals surface area contributed by atoms with Crippen molar-refractivity contribution in [2.75, 3.05) is 19.7 Å². The van der Waals surface area contributed by atoms with Crippen LogP contribution in [-0.4, -0.2) is 30.2 Å². The molecule has 1 aliphatic rings. The Morgan fingerprint density at radius 2 is 2.09 bits per heavy atom. The van der Waals surface area contributed by atoms with Gasteiger partial charge in [-0.1, -0.05) is 18.2 Å². The van der Waals surface area contributed by atoms with E-state index in [1.807, 2.05) is 19.2 Å². The van der Waals surface area contributed by atoms with E-state index in [-0.39, 0.29) is 5.97 Å². The van der Waals surface area contributed by atoms with Crippen LogP contribution in [0.1, 0.15) is 31.2 Å². The van der Waals surface area contributed by atoms with Gasteiger partial charge in [0.15, 0.2) is 0 Å². The minimum Gasteiger partial charge on any atom is -0.466 e. The first kappa shape index (κ1) is 16.1. The molecule has 4 heteroatoms. The second-order valence-electron chi connectivity index (χ2n) is 6.48. The lowest BCUT2D eigenvalue weighted by molar-refractivity contribution is -0.144. The van der Waals surface area contributed by atoms with Crippen LogP contribution in [0.15, 0.2) is 30.5 Å². The Labute approximate surface area is 137 Å². The van der Waals surface area contributed by atoms with E-state index in [0.717, 1.165) is 25.9 Å². The van der Waals surface area contributed by atoms with E-state index in [1.54, 1.807) is 0 Å². The van der Waals surface area contributed by atoms with E-state index < -0.39 is 0 Å². The maximum absolute atomic E-state index is 12.0. The molecule has 1 fully saturated rings. The highest BCUT2D eigenvalue weighted by atomic mass is 16.5. The molecule has 1 aliphatic heterocycles. The summed E-state index contributed by atoms with van der Waals surface area (Å²) in [5.41, 5.74) is 2.43. The van der Waals surface area contributed by atoms with Crippen molar-refractivity contribution < 1.29 is 9.53 Å². The van der Waals surface area contributed by atoms with Crippen molar-refractivity contribution in [3.8, 4) is 0 Å². The molecule has 0 amide bonds. The van der Waals surface area contributed by atoms with Gasteiger partial charge in [-0.05, 0) is 56.3 Å². The van der Waals surface area contributed by atoms with Crippen molar-refractivity contribution in [1.82, 2.24) is 9.88 Å². The zero-order chi connectivity index (χ0) is 16.1. The van der Waals surface area contributed by atoms with E-state index >= 15 is 0 Å². The third-order valence-corrected chi connectivity index (χ3v) is 4.83. The summed E-state index contributed by atoms with van der Waals surface area (Å²) in [4.78, 5) is 12.0. The van der Waals surface area contributed by atoms with Crippen molar-refractivity contribution in [2.45, 2.75) is 32.1 Å². The number of para-hydroxylation sites is 1. The first-order valence-corrected chi connectivity index (χ1v) is 8.63. The molecule has 0 spiro atoms. The molecule has 0 atom stereocenters. The van der Waals surface area contributed by atoms with Gasteiger partial charge in [-0.25, -0.2) is 0 Å². The van der Waals surface area contributed by atoms with E-state index in [4.69, 9.17) is 4.74 Å². The summed E-state index contributed by atoms with van der Waals surface area (Å²) in [6.45, 7) is 2.76. The fourth-order valence-electron chi connectivity index (χ4n) is 3.44. The second-order valence-corrected chi connectivity index (χ2v) is 6.48. The Morgan fingerprint density at radius 3 is 2.91 bits per heavy atom. The quantitative estimate of drug-likeness (QED) is 0.834. The van der Waals surface area contributed by atoms with Crippen LogP contribution in [-0.2, 0) is 23.0 Å². The van der Waals surface area contributed by atoms with Gasteiger partial charge in [0.25, 0.3) is 0 Å². The van der Waals surface area contributed by atoms with Crippen molar-refractivity contribution in [3.63, 3.8) is 0 Å². The Kier molecular flexibility index (Phi) is 5.34. The Hall–Kier alpha value is -1.81. The van der Waals surface area contributed by atoms with Crippen LogP contribution in [0.4, 0.5) is 0 Å². The largest absolute Gasteiger partial charge is 0.466 e. The number of esters is 1. The minimum absolute atomic E-state index is 0.0770. The number of fused-ring (bicyclic) bond motifs is 1. The summed E-state index contributed by atoms with van der Waals surface area (Å²) in [6.07, 6.45) is 6.73. The fourth-order valence-corrected chi connectivity index (χ4v) is 3.44. The molecule has 3 rings (SSSR count). The molecule has 0 saturated carbocycles. The standard InChI is InChI=1S/C19H26N2O2/c1-21-14-16(17-4-2-3-5-18(17)21)6-7-19(22)23-13-10-15-8-11-20-12-9-15/h2-5,14-15,20H,6-13H2,1H3. The molecule has 0 aliphatic carbocycles. The number of piperidine rings is 1. The molecule has 0 unspecified atom stereocenters. The summed E-state index contributed by atoms with van der Waals surface area (Å²) in [6, 6.07) is 8.31. The first-order chi connectivity index (χ1) is 11.2. The van der Waals surface area contributed by atoms with E-state index in [9.17, 15) is 4.79 Å². The molecule has 1 saturated heterocycles. The third kappa shape index (κ3) is 4.14. The molecule has 4 nitrogen and oxygen atoms in total. The van der Waals surface area contributed by atoms with Crippen LogP contribution in [0.5, 0.6) is 0 Å². The molecular weight excluding hydrogens is 288 g/mol. The lowest BCUT2D eigenvalue weighted by Crippen LogP contribution is -2.28. The molecule has 1 aromatic carbocycles. The van der Waals surface area contributed by atoms with Crippen molar-refractivity contribution in [2.24, 2.45) is 13.0 Å². The van der Waals surface area contributed by atoms with Gasteiger partial charge in [0, 0.05) is 30.6 Å². The number of carbonyl (C=O) groups excluding carboxylic acids is 1. The summed E-state index contributed by atoms with van der Waals surface area (Å²) < 4.78 is 7.54. The Morgan fingerprint density at radius 1 is 1.30 bits per heavy atom. The van der Waals surface area contributed by atoms with Gasteiger partial charge in [-0.2, -0.15) is 0 Å². The van der Waals surface area contributed by atoms with Crippen LogP contribution in [0.25, 0.3) is 10.9 Å². The average molecular weight is 314 g/mol. The zero-order valence-electron chi connectivity index (χ0n) is 13.9. The summed E-state index contributed by atoms with van der Waals surface area (Å²) in [5, 5.41) is 4.59. The van der Waals surface area contributed by atoms with Gasteiger partial charge in [0.1, 0.15) is 0 Å². The van der Waals surface area contributed by atoms with Gasteiger partial charge in [0.2, 0.25) is 0 Å². The number of hydrogen-bond acceptors (Lipinski definition) is 3. The third-order valence-electron chi connectivity index (χ3n) is 4.83. The highest BCUT2D eigenvalue weighted by Crippen LogP contribution is 2.21. The minimum atomic E-state index is -0.0770. The highest BCUT2D eigenvalue weighted by Gasteiger charge is 2.14. The number of aryl methyl sites for hydroxylation is 2. The molecule has 124 valence electrons. The van der Waals surface area contributed by atoms with E-state index in [0.29, 0.717) is 18.9 Å². The number of benzene rings is 1. The predicted octanol–water partition coefficient (Wildman–Crippen LogP) is 3.04. The number of rotatable bonds is 6. The molecule has 1 N–H and O–H groups in total. The summed E-state index contributed by atoms with van der Waals surface area (Å²) in [5.74, 6) is 0.633. The monoisotopic (exact) mass is 314 g/mol. The normalized spacial score (nSPS) is 15.9. The maximum atomic E-state index is 12.0. The average Bonchev–Trinajstić information content (AvgIpc) is 2.91. The van der Waals surface area contributed by atoms with Crippen molar-refractivity contribution in [1.29, 1.82) is 0 Å². The summed E-state index contributed by atoms with van der Waals surface area (Å²) >= 11 is 0. The number of carbonyl (C=O) groups is 1. The van der Waals surface area contributed by atoms with Gasteiger partial charge in [0.05, 0.1) is 6.61 Å². The van der Waals surface area contributed by atoms with E-state index in [1.165, 1.54) is 29.3 Å². The van der Waals surface area contributed by atoms with Crippen molar-refractivity contribution in [3.05, 3.63) is 36.0 Å². The van der Waals surface area contributed by atoms with Crippen LogP contribution >= 0.6 is 0 Å². The lowest BCUT2D eigenvalue weighted by Gasteiger charge is -2.22. The molecule has 2 aromatic rings. The van der Waals surface area contributed by atoms with E-state index in [2.05, 4.69) is 28.2 Å². The maximum Gasteiger partial charge on any atom is 0.306 e. The van der Waals surface area contributed by atoms with Crippen LogP contribution < -0.4 is 5.32 Å². The van der Waals surface area contributed by atoms with Crippen molar-refractivity contribution >= 4 is 16.9 Å². The van der Waals surface area contributed by atoms with Crippen LogP contribution in [0.3, 0.4) is 0 Å². The summed E-state index contributed by atoms with van der Waals surface area (Å²) in [7, 11) is 2.04. The molecule has 23 heavy (non-hydrogen) atoms. The van der Waals surface area contributed by atoms with Gasteiger partial charge in [-0.15, -0.1) is 0 Å². The Balaban J connectivity index is 1.45. The lowest BCUT2D eigenvalue weighted by atomic mass is 9.95. The molecule has 0 radical (unpaired) electrons. The van der Waals surface area contributed by atoms with Gasteiger partial charge >= 0.3 is 5.97 Å². The number of hydrogen-bond donors (Lipinski definition) is 1. The zero-order valence-corrected chi connectivity index (χ0v) is 13.9. The number of nitrogens with one attached hydrogen (secondary N) is 1. The highest BCUT2D eigenvalue weighted by molar-refractivity contribution is 5.84. The smallest absolute Gasteiger partial charge is 0.306 e. The van der Waals surface area contributed by atoms with Crippen LogP contribution in [0.2, 0.25) is 0 Å². The van der Waals surface area contributed by atoms with Crippen LogP contribution in [0, 0.1) is 5.92 Å². The second kappa shape index (κ2) is 7.64. The first-order valence-electron chi connectivity index (χ1n) is 8.63. The predicted molar refractivity (Wildman–Crippen MR) is 92.4 cm³/mol. The number of ether oxygens (including phenoxy) is 1. The molecule has 1 aromatic heterocycles. The SMILES string of the molecule is Cn1cc(CCC(=O)OCCC2CCNCC2)c2ccccc21. The molecular formula is C19H26N2O2. The Bertz CT molecular complexity index is 656.